The molecule has 0 saturated heterocycles. The van der Waals surface area contributed by atoms with Gasteiger partial charge in [-0.25, -0.2) is 4.79 Å². The maximum atomic E-state index is 11.9. The van der Waals surface area contributed by atoms with Gasteiger partial charge in [-0.2, -0.15) is 0 Å². The van der Waals surface area contributed by atoms with Gasteiger partial charge in [0.1, 0.15) is 5.58 Å². The number of alkyl halides is 1. The first-order valence-corrected chi connectivity index (χ1v) is 6.62. The van der Waals surface area contributed by atoms with Crippen molar-refractivity contribution in [3.63, 3.8) is 0 Å². The van der Waals surface area contributed by atoms with Crippen LogP contribution < -0.4 is 11.4 Å². The molecule has 1 heterocycles. The molecule has 0 aliphatic rings. The van der Waals surface area contributed by atoms with Gasteiger partial charge in [0, 0.05) is 21.8 Å². The molecule has 1 aromatic heterocycles. The molecule has 2 aromatic carbocycles. The fraction of sp³-hybridized carbons (Fsp3) is 0.0714. The second-order valence-corrected chi connectivity index (χ2v) is 4.72. The van der Waals surface area contributed by atoms with Gasteiger partial charge in [0.05, 0.1) is 5.39 Å². The number of hydrogen-bond acceptors (Lipinski definition) is 3. The highest BCUT2D eigenvalue weighted by molar-refractivity contribution is 9.08. The van der Waals surface area contributed by atoms with Gasteiger partial charge in [0.25, 0.3) is 0 Å². The Hall–Kier alpha value is -1.81. The molecule has 3 nitrogen and oxygen atoms in total. The van der Waals surface area contributed by atoms with E-state index in [1.807, 2.05) is 24.3 Å². The van der Waals surface area contributed by atoms with Crippen molar-refractivity contribution in [3.05, 3.63) is 52.4 Å². The fourth-order valence-corrected chi connectivity index (χ4v) is 2.43. The Morgan fingerprint density at radius 2 is 1.89 bits per heavy atom. The first-order chi connectivity index (χ1) is 8.69. The third kappa shape index (κ3) is 1.69. The maximum absolute atomic E-state index is 11.9. The van der Waals surface area contributed by atoms with Crippen LogP contribution in [0.5, 0.6) is 0 Å². The van der Waals surface area contributed by atoms with Crippen molar-refractivity contribution in [2.45, 2.75) is 5.33 Å². The fourth-order valence-electron chi connectivity index (χ4n) is 2.08. The summed E-state index contributed by atoms with van der Waals surface area (Å²) in [4.78, 5) is 11.9. The van der Waals surface area contributed by atoms with Crippen molar-refractivity contribution < 1.29 is 4.42 Å². The van der Waals surface area contributed by atoms with Gasteiger partial charge in [-0.05, 0) is 29.8 Å². The van der Waals surface area contributed by atoms with E-state index in [4.69, 9.17) is 10.2 Å². The minimum atomic E-state index is -0.351. The number of fused-ring (bicyclic) bond motifs is 3. The van der Waals surface area contributed by atoms with Gasteiger partial charge in [-0.15, -0.1) is 0 Å². The predicted octanol–water partition coefficient (Wildman–Crippen LogP) is 3.42. The van der Waals surface area contributed by atoms with Gasteiger partial charge >= 0.3 is 5.63 Å². The first-order valence-electron chi connectivity index (χ1n) is 5.50. The topological polar surface area (TPSA) is 56.2 Å². The van der Waals surface area contributed by atoms with Crippen molar-refractivity contribution in [1.29, 1.82) is 0 Å². The Morgan fingerprint density at radius 3 is 2.67 bits per heavy atom. The molecule has 0 bridgehead atoms. The summed E-state index contributed by atoms with van der Waals surface area (Å²) >= 11 is 3.42. The van der Waals surface area contributed by atoms with Crippen LogP contribution in [0.2, 0.25) is 0 Å². The molecule has 90 valence electrons. The van der Waals surface area contributed by atoms with Gasteiger partial charge in [0.15, 0.2) is 0 Å². The zero-order valence-electron chi connectivity index (χ0n) is 9.44. The molecule has 0 amide bonds. The van der Waals surface area contributed by atoms with E-state index in [1.165, 1.54) is 0 Å². The molecule has 2 N–H and O–H groups in total. The van der Waals surface area contributed by atoms with E-state index in [2.05, 4.69) is 15.9 Å². The van der Waals surface area contributed by atoms with E-state index >= 15 is 0 Å². The van der Waals surface area contributed by atoms with Gasteiger partial charge < -0.3 is 10.2 Å². The molecule has 0 saturated carbocycles. The Morgan fingerprint density at radius 1 is 1.06 bits per heavy atom. The molecule has 18 heavy (non-hydrogen) atoms. The number of anilines is 1. The third-order valence-electron chi connectivity index (χ3n) is 2.95. The highest BCUT2D eigenvalue weighted by Gasteiger charge is 2.08. The van der Waals surface area contributed by atoms with Crippen LogP contribution in [0.25, 0.3) is 21.7 Å². The van der Waals surface area contributed by atoms with Gasteiger partial charge in [0.2, 0.25) is 0 Å². The lowest BCUT2D eigenvalue weighted by atomic mass is 10.1. The highest BCUT2D eigenvalue weighted by Crippen LogP contribution is 2.25. The molecule has 0 aliphatic heterocycles. The Labute approximate surface area is 111 Å². The van der Waals surface area contributed by atoms with Crippen molar-refractivity contribution in [2.75, 3.05) is 5.73 Å². The van der Waals surface area contributed by atoms with E-state index in [-0.39, 0.29) is 5.63 Å². The minimum Gasteiger partial charge on any atom is -0.422 e. The molecule has 0 fully saturated rings. The lowest BCUT2D eigenvalue weighted by molar-refractivity contribution is 0.569. The summed E-state index contributed by atoms with van der Waals surface area (Å²) < 4.78 is 5.30. The van der Waals surface area contributed by atoms with E-state index in [0.717, 1.165) is 21.7 Å². The summed E-state index contributed by atoms with van der Waals surface area (Å²) in [6, 6.07) is 11.1. The predicted molar refractivity (Wildman–Crippen MR) is 77.0 cm³/mol. The zero-order chi connectivity index (χ0) is 12.7. The average molecular weight is 304 g/mol. The molecule has 0 radical (unpaired) electrons. The molecule has 0 unspecified atom stereocenters. The van der Waals surface area contributed by atoms with Crippen molar-refractivity contribution in [2.24, 2.45) is 0 Å². The monoisotopic (exact) mass is 303 g/mol. The Bertz CT molecular complexity index is 808. The summed E-state index contributed by atoms with van der Waals surface area (Å²) in [5, 5.41) is 3.09. The molecule has 0 spiro atoms. The molecular weight excluding hydrogens is 294 g/mol. The number of benzene rings is 2. The quantitative estimate of drug-likeness (QED) is 0.324. The Kier molecular flexibility index (Phi) is 2.59. The van der Waals surface area contributed by atoms with Crippen LogP contribution in [-0.4, -0.2) is 0 Å². The molecule has 3 rings (SSSR count). The van der Waals surface area contributed by atoms with Gasteiger partial charge in [-0.1, -0.05) is 28.1 Å². The number of halogens is 1. The summed E-state index contributed by atoms with van der Waals surface area (Å²) in [5.74, 6) is 0. The average Bonchev–Trinajstić information content (AvgIpc) is 2.39. The second kappa shape index (κ2) is 4.14. The second-order valence-electron chi connectivity index (χ2n) is 4.16. The molecule has 3 aromatic rings. The van der Waals surface area contributed by atoms with E-state index in [0.29, 0.717) is 16.7 Å². The van der Waals surface area contributed by atoms with Crippen LogP contribution in [0.1, 0.15) is 5.56 Å². The molecule has 0 atom stereocenters. The summed E-state index contributed by atoms with van der Waals surface area (Å²) in [7, 11) is 0. The van der Waals surface area contributed by atoms with Crippen molar-refractivity contribution in [1.82, 2.24) is 0 Å². The van der Waals surface area contributed by atoms with Crippen LogP contribution in [0.3, 0.4) is 0 Å². The van der Waals surface area contributed by atoms with Crippen LogP contribution in [0.15, 0.2) is 45.6 Å². The summed E-state index contributed by atoms with van der Waals surface area (Å²) in [5.41, 5.74) is 7.65. The standard InChI is InChI=1S/C14H10BrNO2/c15-7-8-1-4-13-11(5-8)10-3-2-9(16)6-12(10)14(17)18-13/h1-6H,7,16H2. The molecule has 4 heteroatoms. The minimum absolute atomic E-state index is 0.351. The number of nitrogens with two attached hydrogens (primary N) is 1. The largest absolute Gasteiger partial charge is 0.422 e. The lowest BCUT2D eigenvalue weighted by Crippen LogP contribution is -2.00. The Balaban J connectivity index is 2.53. The zero-order valence-corrected chi connectivity index (χ0v) is 11.0. The third-order valence-corrected chi connectivity index (χ3v) is 3.60. The smallest absolute Gasteiger partial charge is 0.344 e. The number of rotatable bonds is 1. The van der Waals surface area contributed by atoms with E-state index in [1.54, 1.807) is 12.1 Å². The van der Waals surface area contributed by atoms with Gasteiger partial charge in [-0.3, -0.25) is 0 Å². The van der Waals surface area contributed by atoms with E-state index in [9.17, 15) is 4.79 Å². The van der Waals surface area contributed by atoms with Crippen LogP contribution in [-0.2, 0) is 5.33 Å². The summed E-state index contributed by atoms with van der Waals surface area (Å²) in [6.07, 6.45) is 0. The van der Waals surface area contributed by atoms with Crippen LogP contribution in [0, 0.1) is 0 Å². The summed E-state index contributed by atoms with van der Waals surface area (Å²) in [6.45, 7) is 0. The lowest BCUT2D eigenvalue weighted by Gasteiger charge is -2.04. The SMILES string of the molecule is Nc1ccc2c(c1)c(=O)oc1ccc(CBr)cc12. The normalized spacial score (nSPS) is 11.2. The maximum Gasteiger partial charge on any atom is 0.344 e. The first kappa shape index (κ1) is 11.3. The molecule has 0 aliphatic carbocycles. The van der Waals surface area contributed by atoms with Crippen molar-refractivity contribution in [3.8, 4) is 0 Å². The van der Waals surface area contributed by atoms with Crippen LogP contribution >= 0.6 is 15.9 Å². The molecular formula is C14H10BrNO2. The van der Waals surface area contributed by atoms with E-state index < -0.39 is 0 Å². The number of nitrogen functional groups attached to an aromatic ring is 1. The number of hydrogen-bond donors (Lipinski definition) is 1. The highest BCUT2D eigenvalue weighted by atomic mass is 79.9. The van der Waals surface area contributed by atoms with Crippen molar-refractivity contribution >= 4 is 43.4 Å². The van der Waals surface area contributed by atoms with Crippen LogP contribution in [0.4, 0.5) is 5.69 Å².